The highest BCUT2D eigenvalue weighted by atomic mass is 35.5. The monoisotopic (exact) mass is 585 g/mol. The van der Waals surface area contributed by atoms with E-state index in [2.05, 4.69) is 5.32 Å². The fraction of sp³-hybridized carbons (Fsp3) is 0.462. The van der Waals surface area contributed by atoms with Gasteiger partial charge in [-0.1, -0.05) is 42.1 Å². The summed E-state index contributed by atoms with van der Waals surface area (Å²) in [7, 11) is -1.12. The molecule has 9 nitrogen and oxygen atoms in total. The maximum atomic E-state index is 13.8. The van der Waals surface area contributed by atoms with Gasteiger partial charge in [-0.25, -0.2) is 8.42 Å². The van der Waals surface area contributed by atoms with Crippen LogP contribution in [0.4, 0.5) is 5.69 Å². The molecule has 0 unspecified atom stereocenters. The minimum Gasteiger partial charge on any atom is -0.497 e. The number of amides is 2. The highest BCUT2D eigenvalue weighted by molar-refractivity contribution is 7.92. The summed E-state index contributed by atoms with van der Waals surface area (Å²) in [6, 6.07) is 8.71. The van der Waals surface area contributed by atoms with Gasteiger partial charge in [-0.05, 0) is 44.0 Å². The lowest BCUT2D eigenvalue weighted by Gasteiger charge is -2.32. The van der Waals surface area contributed by atoms with Crippen LogP contribution in [0.5, 0.6) is 11.5 Å². The first-order valence-electron chi connectivity index (χ1n) is 12.2. The number of benzene rings is 2. The van der Waals surface area contributed by atoms with E-state index < -0.39 is 28.5 Å². The summed E-state index contributed by atoms with van der Waals surface area (Å²) in [5.41, 5.74) is 0.580. The topological polar surface area (TPSA) is 105 Å². The number of carbonyl (C=O) groups is 2. The Hall–Kier alpha value is -2.69. The third-order valence-electron chi connectivity index (χ3n) is 6.59. The average molecular weight is 587 g/mol. The number of rotatable bonds is 11. The Morgan fingerprint density at radius 2 is 1.71 bits per heavy atom. The van der Waals surface area contributed by atoms with Gasteiger partial charge in [0, 0.05) is 34.3 Å². The molecular weight excluding hydrogens is 553 g/mol. The van der Waals surface area contributed by atoms with E-state index in [0.717, 1.165) is 36.2 Å². The number of nitrogens with zero attached hydrogens (tertiary/aromatic N) is 2. The second-order valence-corrected chi connectivity index (χ2v) is 11.9. The number of halogens is 2. The number of anilines is 1. The van der Waals surface area contributed by atoms with Gasteiger partial charge in [-0.2, -0.15) is 0 Å². The Labute approximate surface area is 234 Å². The minimum absolute atomic E-state index is 0.0411. The Bertz CT molecular complexity index is 1250. The molecule has 2 aromatic carbocycles. The number of nitrogens with one attached hydrogen (secondary N) is 1. The molecule has 1 fully saturated rings. The molecule has 0 heterocycles. The van der Waals surface area contributed by atoms with Crippen molar-refractivity contribution in [3.8, 4) is 11.5 Å². The van der Waals surface area contributed by atoms with Crippen molar-refractivity contribution in [1.82, 2.24) is 10.2 Å². The molecule has 2 aromatic rings. The maximum absolute atomic E-state index is 13.8. The molecule has 1 saturated carbocycles. The molecule has 0 bridgehead atoms. The smallest absolute Gasteiger partial charge is 0.244 e. The SMILES string of the molecule is COc1ccc(OC)c(N(CC(=O)N(Cc2c(Cl)cccc2Cl)[C@@H](C)C(=O)NC2CCCC2)S(C)(=O)=O)c1. The van der Waals surface area contributed by atoms with Crippen molar-refractivity contribution in [2.45, 2.75) is 51.2 Å². The highest BCUT2D eigenvalue weighted by Gasteiger charge is 2.33. The molecule has 1 atom stereocenters. The molecule has 1 aliphatic carbocycles. The number of methoxy groups -OCH3 is 2. The normalized spacial score (nSPS) is 14.6. The molecule has 0 spiro atoms. The van der Waals surface area contributed by atoms with Crippen LogP contribution < -0.4 is 19.1 Å². The molecule has 208 valence electrons. The predicted molar refractivity (Wildman–Crippen MR) is 149 cm³/mol. The van der Waals surface area contributed by atoms with E-state index >= 15 is 0 Å². The summed E-state index contributed by atoms with van der Waals surface area (Å²) in [5, 5.41) is 3.66. The van der Waals surface area contributed by atoms with Crippen LogP contribution in [0, 0.1) is 0 Å². The summed E-state index contributed by atoms with van der Waals surface area (Å²) < 4.78 is 37.3. The van der Waals surface area contributed by atoms with Gasteiger partial charge >= 0.3 is 0 Å². The molecular formula is C26H33Cl2N3O6S. The standard InChI is InChI=1S/C26H33Cl2N3O6S/c1-17(26(33)29-18-8-5-6-9-18)30(15-20-21(27)10-7-11-22(20)28)25(32)16-31(38(4,34)35)23-14-19(36-2)12-13-24(23)37-3/h7,10-14,17-18H,5-6,8-9,15-16H2,1-4H3,(H,29,33)/t17-/m0/s1. The van der Waals surface area contributed by atoms with Crippen molar-refractivity contribution < 1.29 is 27.5 Å². The lowest BCUT2D eigenvalue weighted by Crippen LogP contribution is -2.52. The molecule has 1 aliphatic rings. The maximum Gasteiger partial charge on any atom is 0.244 e. The van der Waals surface area contributed by atoms with Crippen molar-refractivity contribution in [2.75, 3.05) is 31.3 Å². The summed E-state index contributed by atoms with van der Waals surface area (Å²) >= 11 is 12.8. The highest BCUT2D eigenvalue weighted by Crippen LogP contribution is 2.34. The van der Waals surface area contributed by atoms with E-state index in [1.807, 2.05) is 0 Å². The zero-order chi connectivity index (χ0) is 28.0. The van der Waals surface area contributed by atoms with Crippen LogP contribution in [0.1, 0.15) is 38.2 Å². The van der Waals surface area contributed by atoms with Gasteiger partial charge in [-0.15, -0.1) is 0 Å². The van der Waals surface area contributed by atoms with E-state index in [-0.39, 0.29) is 29.9 Å². The molecule has 12 heteroatoms. The average Bonchev–Trinajstić information content (AvgIpc) is 3.38. The fourth-order valence-corrected chi connectivity index (χ4v) is 5.78. The number of hydrogen-bond acceptors (Lipinski definition) is 6. The van der Waals surface area contributed by atoms with Crippen molar-refractivity contribution in [1.29, 1.82) is 0 Å². The number of carbonyl (C=O) groups excluding carboxylic acids is 2. The van der Waals surface area contributed by atoms with Crippen molar-refractivity contribution >= 4 is 50.7 Å². The first kappa shape index (κ1) is 29.9. The second-order valence-electron chi connectivity index (χ2n) is 9.20. The van der Waals surface area contributed by atoms with Crippen LogP contribution in [-0.2, 0) is 26.2 Å². The van der Waals surface area contributed by atoms with Crippen LogP contribution in [0.15, 0.2) is 36.4 Å². The number of sulfonamides is 1. The Kier molecular flexibility index (Phi) is 10.1. The summed E-state index contributed by atoms with van der Waals surface area (Å²) in [6.07, 6.45) is 4.80. The Morgan fingerprint density at radius 1 is 1.08 bits per heavy atom. The third-order valence-corrected chi connectivity index (χ3v) is 8.43. The van der Waals surface area contributed by atoms with Crippen LogP contribution in [0.2, 0.25) is 10.0 Å². The molecule has 1 N–H and O–H groups in total. The first-order valence-corrected chi connectivity index (χ1v) is 14.8. The molecule has 2 amide bonds. The van der Waals surface area contributed by atoms with Gasteiger partial charge in [0.1, 0.15) is 24.1 Å². The van der Waals surface area contributed by atoms with Crippen LogP contribution in [0.3, 0.4) is 0 Å². The van der Waals surface area contributed by atoms with Gasteiger partial charge in [0.25, 0.3) is 0 Å². The van der Waals surface area contributed by atoms with Gasteiger partial charge in [-0.3, -0.25) is 13.9 Å². The first-order chi connectivity index (χ1) is 18.0. The van der Waals surface area contributed by atoms with Crippen LogP contribution in [0.25, 0.3) is 0 Å². The number of ether oxygens (including phenoxy) is 2. The molecule has 38 heavy (non-hydrogen) atoms. The largest absolute Gasteiger partial charge is 0.497 e. The molecule has 0 saturated heterocycles. The van der Waals surface area contributed by atoms with E-state index in [9.17, 15) is 18.0 Å². The Balaban J connectivity index is 1.99. The molecule has 0 radical (unpaired) electrons. The summed E-state index contributed by atoms with van der Waals surface area (Å²) in [4.78, 5) is 28.3. The van der Waals surface area contributed by atoms with Gasteiger partial charge < -0.3 is 19.7 Å². The predicted octanol–water partition coefficient (Wildman–Crippen LogP) is 4.25. The number of hydrogen-bond donors (Lipinski definition) is 1. The summed E-state index contributed by atoms with van der Waals surface area (Å²) in [6.45, 7) is 0.915. The zero-order valence-electron chi connectivity index (χ0n) is 21.9. The molecule has 3 rings (SSSR count). The van der Waals surface area contributed by atoms with Gasteiger partial charge in [0.15, 0.2) is 0 Å². The van der Waals surface area contributed by atoms with E-state index in [4.69, 9.17) is 32.7 Å². The second kappa shape index (κ2) is 12.9. The lowest BCUT2D eigenvalue weighted by atomic mass is 10.1. The van der Waals surface area contributed by atoms with Crippen molar-refractivity contribution in [3.63, 3.8) is 0 Å². The Morgan fingerprint density at radius 3 is 2.26 bits per heavy atom. The van der Waals surface area contributed by atoms with Crippen LogP contribution in [-0.4, -0.2) is 64.2 Å². The van der Waals surface area contributed by atoms with Gasteiger partial charge in [0.05, 0.1) is 26.2 Å². The van der Waals surface area contributed by atoms with Crippen molar-refractivity contribution in [2.24, 2.45) is 0 Å². The minimum atomic E-state index is -3.96. The summed E-state index contributed by atoms with van der Waals surface area (Å²) in [5.74, 6) is -0.341. The zero-order valence-corrected chi connectivity index (χ0v) is 24.2. The lowest BCUT2D eigenvalue weighted by molar-refractivity contribution is -0.139. The van der Waals surface area contributed by atoms with E-state index in [1.54, 1.807) is 37.3 Å². The fourth-order valence-electron chi connectivity index (χ4n) is 4.41. The molecule has 0 aromatic heterocycles. The molecule has 0 aliphatic heterocycles. The van der Waals surface area contributed by atoms with Crippen molar-refractivity contribution in [3.05, 3.63) is 52.0 Å². The third kappa shape index (κ3) is 7.24. The van der Waals surface area contributed by atoms with Crippen LogP contribution >= 0.6 is 23.2 Å². The van der Waals surface area contributed by atoms with E-state index in [1.165, 1.54) is 25.2 Å². The van der Waals surface area contributed by atoms with E-state index in [0.29, 0.717) is 21.4 Å². The van der Waals surface area contributed by atoms with Gasteiger partial charge in [0.2, 0.25) is 21.8 Å². The quantitative estimate of drug-likeness (QED) is 0.422.